The van der Waals surface area contributed by atoms with Crippen LogP contribution < -0.4 is 5.32 Å². The Morgan fingerprint density at radius 1 is 1.26 bits per heavy atom. The molecule has 0 saturated heterocycles. The molecule has 4 fully saturated rings. The highest BCUT2D eigenvalue weighted by atomic mass is 19.2. The fourth-order valence-electron chi connectivity index (χ4n) is 7.40. The molecule has 9 atom stereocenters. The monoisotopic (exact) mass is 429 g/mol. The summed E-state index contributed by atoms with van der Waals surface area (Å²) >= 11 is 0. The molecular weight excluding hydrogens is 400 g/mol. The molecule has 6 rings (SSSR count). The lowest BCUT2D eigenvalue weighted by Gasteiger charge is -2.65. The summed E-state index contributed by atoms with van der Waals surface area (Å²) in [6, 6.07) is 2.84. The van der Waals surface area contributed by atoms with E-state index >= 15 is 0 Å². The first-order valence-electron chi connectivity index (χ1n) is 11.6. The number of carbonyl (C=O) groups is 1. The summed E-state index contributed by atoms with van der Waals surface area (Å²) in [5.74, 6) is 0.287. The predicted molar refractivity (Wildman–Crippen MR) is 111 cm³/mol. The summed E-state index contributed by atoms with van der Waals surface area (Å²) in [7, 11) is 0. The van der Waals surface area contributed by atoms with Crippen LogP contribution in [-0.2, 0) is 4.79 Å². The van der Waals surface area contributed by atoms with Gasteiger partial charge in [-0.15, -0.1) is 0 Å². The second-order valence-electron chi connectivity index (χ2n) is 10.6. The normalized spacial score (nSPS) is 39.8. The van der Waals surface area contributed by atoms with E-state index in [2.05, 4.69) is 10.3 Å². The number of fused-ring (bicyclic) bond motifs is 3. The molecule has 5 nitrogen and oxygen atoms in total. The Hall–Kier alpha value is -2.02. The highest BCUT2D eigenvalue weighted by molar-refractivity contribution is 5.80. The standard InChI is InChI=1S/C24H29F2N3O2/c1-11(23(31)28-20-9-24(12(2)30)4-3-16(20)24)22-14-5-13(6-15(14)22)29-10-27-19-7-17(25)18(26)8-21(19)29/h7-8,10-16,20,22,30H,3-6,9H2,1-2H3,(H,28,31)/t11?,12?,13-,14-,15+,16?,20?,22+,24?. The molecule has 1 aromatic carbocycles. The minimum Gasteiger partial charge on any atom is -0.393 e. The molecule has 7 heteroatoms. The fraction of sp³-hybridized carbons (Fsp3) is 0.667. The largest absolute Gasteiger partial charge is 0.393 e. The van der Waals surface area contributed by atoms with E-state index < -0.39 is 11.6 Å². The lowest BCUT2D eigenvalue weighted by Crippen LogP contribution is -2.68. The van der Waals surface area contributed by atoms with E-state index in [1.807, 2.05) is 18.4 Å². The molecule has 4 aliphatic carbocycles. The molecule has 0 bridgehead atoms. The Balaban J connectivity index is 1.07. The van der Waals surface area contributed by atoms with Crippen LogP contribution in [0, 0.1) is 46.6 Å². The maximum atomic E-state index is 13.7. The third kappa shape index (κ3) is 2.68. The second-order valence-corrected chi connectivity index (χ2v) is 10.6. The Bertz CT molecular complexity index is 1060. The Kier molecular flexibility index (Phi) is 4.12. The van der Waals surface area contributed by atoms with Crippen molar-refractivity contribution in [2.75, 3.05) is 0 Å². The van der Waals surface area contributed by atoms with Crippen molar-refractivity contribution in [3.8, 4) is 0 Å². The van der Waals surface area contributed by atoms with Crippen LogP contribution in [0.25, 0.3) is 11.0 Å². The first kappa shape index (κ1) is 19.6. The molecule has 2 N–H and O–H groups in total. The number of imidazole rings is 1. The number of aromatic nitrogens is 2. The van der Waals surface area contributed by atoms with Crippen LogP contribution in [-0.4, -0.2) is 32.7 Å². The van der Waals surface area contributed by atoms with E-state index in [4.69, 9.17) is 0 Å². The third-order valence-corrected chi connectivity index (χ3v) is 9.39. The molecule has 1 amide bonds. The molecule has 2 aromatic rings. The van der Waals surface area contributed by atoms with Gasteiger partial charge in [-0.1, -0.05) is 6.92 Å². The molecular formula is C24H29F2N3O2. The van der Waals surface area contributed by atoms with Gasteiger partial charge in [-0.25, -0.2) is 13.8 Å². The van der Waals surface area contributed by atoms with Crippen molar-refractivity contribution in [3.05, 3.63) is 30.1 Å². The zero-order valence-electron chi connectivity index (χ0n) is 17.9. The van der Waals surface area contributed by atoms with Crippen LogP contribution in [0.3, 0.4) is 0 Å². The van der Waals surface area contributed by atoms with Crippen LogP contribution in [0.5, 0.6) is 0 Å². The summed E-state index contributed by atoms with van der Waals surface area (Å²) in [5.41, 5.74) is 1.17. The number of rotatable bonds is 5. The summed E-state index contributed by atoms with van der Waals surface area (Å²) in [4.78, 5) is 17.1. The van der Waals surface area contributed by atoms with Gasteiger partial charge in [0.15, 0.2) is 11.6 Å². The van der Waals surface area contributed by atoms with Crippen molar-refractivity contribution in [3.63, 3.8) is 0 Å². The number of hydrogen-bond acceptors (Lipinski definition) is 3. The van der Waals surface area contributed by atoms with Crippen molar-refractivity contribution < 1.29 is 18.7 Å². The van der Waals surface area contributed by atoms with E-state index in [9.17, 15) is 18.7 Å². The second kappa shape index (κ2) is 6.50. The molecule has 1 aromatic heterocycles. The van der Waals surface area contributed by atoms with Crippen molar-refractivity contribution in [2.24, 2.45) is 35.0 Å². The minimum atomic E-state index is -0.869. The molecule has 1 heterocycles. The van der Waals surface area contributed by atoms with Gasteiger partial charge >= 0.3 is 0 Å². The van der Waals surface area contributed by atoms with Gasteiger partial charge in [0.2, 0.25) is 5.91 Å². The van der Waals surface area contributed by atoms with Gasteiger partial charge in [0.05, 0.1) is 23.5 Å². The maximum absolute atomic E-state index is 13.7. The van der Waals surface area contributed by atoms with Crippen LogP contribution >= 0.6 is 0 Å². The van der Waals surface area contributed by atoms with Gasteiger partial charge in [-0.3, -0.25) is 4.79 Å². The lowest BCUT2D eigenvalue weighted by atomic mass is 9.43. The lowest BCUT2D eigenvalue weighted by molar-refractivity contribution is -0.178. The number of carbonyl (C=O) groups excluding carboxylic acids is 1. The molecule has 4 saturated carbocycles. The van der Waals surface area contributed by atoms with Gasteiger partial charge in [0.25, 0.3) is 0 Å². The van der Waals surface area contributed by atoms with Crippen molar-refractivity contribution in [2.45, 2.75) is 64.1 Å². The number of nitrogens with one attached hydrogen (secondary N) is 1. The van der Waals surface area contributed by atoms with Gasteiger partial charge < -0.3 is 15.0 Å². The number of nitrogens with zero attached hydrogens (tertiary/aromatic N) is 2. The Labute approximate surface area is 180 Å². The van der Waals surface area contributed by atoms with E-state index in [0.717, 1.165) is 38.2 Å². The number of hydrogen-bond donors (Lipinski definition) is 2. The smallest absolute Gasteiger partial charge is 0.223 e. The zero-order chi connectivity index (χ0) is 21.7. The van der Waals surface area contributed by atoms with E-state index in [1.54, 1.807) is 6.33 Å². The van der Waals surface area contributed by atoms with E-state index in [-0.39, 0.29) is 35.4 Å². The first-order chi connectivity index (χ1) is 14.8. The van der Waals surface area contributed by atoms with E-state index in [1.165, 1.54) is 6.07 Å². The predicted octanol–water partition coefficient (Wildman–Crippen LogP) is 3.81. The van der Waals surface area contributed by atoms with Gasteiger partial charge in [0.1, 0.15) is 0 Å². The van der Waals surface area contributed by atoms with Gasteiger partial charge in [-0.2, -0.15) is 0 Å². The number of aliphatic hydroxyl groups is 1. The average Bonchev–Trinajstić information content (AvgIpc) is 3.01. The van der Waals surface area contributed by atoms with Gasteiger partial charge in [0, 0.05) is 35.5 Å². The Morgan fingerprint density at radius 2 is 1.97 bits per heavy atom. The van der Waals surface area contributed by atoms with Crippen LogP contribution in [0.2, 0.25) is 0 Å². The molecule has 31 heavy (non-hydrogen) atoms. The fourth-order valence-corrected chi connectivity index (χ4v) is 7.40. The van der Waals surface area contributed by atoms with Gasteiger partial charge in [-0.05, 0) is 62.7 Å². The van der Waals surface area contributed by atoms with Crippen molar-refractivity contribution in [1.29, 1.82) is 0 Å². The first-order valence-corrected chi connectivity index (χ1v) is 11.6. The van der Waals surface area contributed by atoms with E-state index in [0.29, 0.717) is 34.7 Å². The number of halogens is 2. The summed E-state index contributed by atoms with van der Waals surface area (Å²) < 4.78 is 29.2. The zero-order valence-corrected chi connectivity index (χ0v) is 17.9. The number of benzene rings is 1. The SMILES string of the molecule is CC(C(=O)NC1CC2(C(C)O)CCC12)[C@H]1[C@@H]2C[C@@H](n3cnc4cc(F)c(F)cc43)C[C@@H]21. The van der Waals surface area contributed by atoms with Crippen LogP contribution in [0.15, 0.2) is 18.5 Å². The molecule has 0 aliphatic heterocycles. The molecule has 5 unspecified atom stereocenters. The average molecular weight is 430 g/mol. The number of aliphatic hydroxyl groups excluding tert-OH is 1. The minimum absolute atomic E-state index is 0.0105. The molecule has 0 spiro atoms. The molecule has 0 radical (unpaired) electrons. The highest BCUT2D eigenvalue weighted by Crippen LogP contribution is 2.65. The van der Waals surface area contributed by atoms with Crippen LogP contribution in [0.1, 0.15) is 52.0 Å². The molecule has 166 valence electrons. The molecule has 4 aliphatic rings. The topological polar surface area (TPSA) is 67.2 Å². The highest BCUT2D eigenvalue weighted by Gasteiger charge is 2.63. The maximum Gasteiger partial charge on any atom is 0.223 e. The van der Waals surface area contributed by atoms with Crippen molar-refractivity contribution in [1.82, 2.24) is 14.9 Å². The summed E-state index contributed by atoms with van der Waals surface area (Å²) in [6.07, 6.45) is 6.38. The number of amides is 1. The van der Waals surface area contributed by atoms with Crippen LogP contribution in [0.4, 0.5) is 8.78 Å². The third-order valence-electron chi connectivity index (χ3n) is 9.39. The summed E-state index contributed by atoms with van der Waals surface area (Å²) in [5, 5.41) is 13.3. The summed E-state index contributed by atoms with van der Waals surface area (Å²) in [6.45, 7) is 3.92. The Morgan fingerprint density at radius 3 is 2.58 bits per heavy atom. The van der Waals surface area contributed by atoms with Crippen molar-refractivity contribution >= 4 is 16.9 Å². The quantitative estimate of drug-likeness (QED) is 0.760.